The first-order valence-electron chi connectivity index (χ1n) is 5.74. The van der Waals surface area contributed by atoms with Crippen LogP contribution < -0.4 is 0 Å². The molecule has 2 aromatic carbocycles. The van der Waals surface area contributed by atoms with E-state index in [4.69, 9.17) is 10.2 Å². The van der Waals surface area contributed by atoms with E-state index in [2.05, 4.69) is 0 Å². The standard InChI is InChI=1S/C14H10O6S.Mn/c15-13(16)9-1-5-11(6-2-9)21(19,20)12-7-3-10(4-8-12)14(17)18;/h1-8H,(H,15,16)(H,17,18);. The molecule has 0 spiro atoms. The molecule has 0 aliphatic carbocycles. The van der Waals surface area contributed by atoms with Gasteiger partial charge in [0.1, 0.15) is 0 Å². The molecular formula is C14H10MnO6S. The summed E-state index contributed by atoms with van der Waals surface area (Å²) in [6.07, 6.45) is 0. The molecule has 115 valence electrons. The van der Waals surface area contributed by atoms with Crippen LogP contribution in [0.3, 0.4) is 0 Å². The predicted octanol–water partition coefficient (Wildman–Crippen LogP) is 1.91. The normalized spacial score (nSPS) is 10.5. The second kappa shape index (κ2) is 6.74. The van der Waals surface area contributed by atoms with Crippen LogP contribution in [-0.2, 0) is 26.9 Å². The van der Waals surface area contributed by atoms with E-state index >= 15 is 0 Å². The Labute approximate surface area is 136 Å². The number of carboxylic acids is 2. The van der Waals surface area contributed by atoms with Crippen molar-refractivity contribution in [1.82, 2.24) is 0 Å². The van der Waals surface area contributed by atoms with E-state index in [9.17, 15) is 18.0 Å². The van der Waals surface area contributed by atoms with Gasteiger partial charge in [-0.05, 0) is 48.5 Å². The fraction of sp³-hybridized carbons (Fsp3) is 0. The van der Waals surface area contributed by atoms with Gasteiger partial charge in [0.15, 0.2) is 0 Å². The molecule has 0 fully saturated rings. The Morgan fingerprint density at radius 3 is 1.18 bits per heavy atom. The Hall–Kier alpha value is -2.15. The van der Waals surface area contributed by atoms with Crippen molar-refractivity contribution in [2.45, 2.75) is 9.79 Å². The molecule has 0 aliphatic rings. The summed E-state index contributed by atoms with van der Waals surface area (Å²) in [6.45, 7) is 0. The van der Waals surface area contributed by atoms with Gasteiger partial charge >= 0.3 is 11.9 Å². The largest absolute Gasteiger partial charge is 0.478 e. The van der Waals surface area contributed by atoms with Crippen molar-refractivity contribution in [3.8, 4) is 0 Å². The van der Waals surface area contributed by atoms with Crippen LogP contribution >= 0.6 is 0 Å². The molecule has 2 aromatic rings. The molecule has 6 nitrogen and oxygen atoms in total. The Morgan fingerprint density at radius 1 is 0.682 bits per heavy atom. The third-order valence-electron chi connectivity index (χ3n) is 2.82. The van der Waals surface area contributed by atoms with Gasteiger partial charge in [-0.15, -0.1) is 0 Å². The number of benzene rings is 2. The van der Waals surface area contributed by atoms with Crippen LogP contribution in [0, 0.1) is 0 Å². The SMILES string of the molecule is O=C(O)c1ccc(S(=O)(=O)c2ccc(C(=O)O)cc2)cc1.[Mn]. The zero-order valence-electron chi connectivity index (χ0n) is 10.9. The molecule has 2 N–H and O–H groups in total. The molecule has 0 amide bonds. The zero-order valence-corrected chi connectivity index (χ0v) is 12.9. The van der Waals surface area contributed by atoms with Crippen LogP contribution in [-0.4, -0.2) is 30.6 Å². The van der Waals surface area contributed by atoms with Crippen LogP contribution in [0.25, 0.3) is 0 Å². The van der Waals surface area contributed by atoms with Gasteiger partial charge in [-0.2, -0.15) is 0 Å². The summed E-state index contributed by atoms with van der Waals surface area (Å²) < 4.78 is 24.6. The van der Waals surface area contributed by atoms with Crippen molar-refractivity contribution in [2.75, 3.05) is 0 Å². The van der Waals surface area contributed by atoms with E-state index in [1.165, 1.54) is 48.5 Å². The summed E-state index contributed by atoms with van der Waals surface area (Å²) >= 11 is 0. The van der Waals surface area contributed by atoms with Crippen LogP contribution in [0.15, 0.2) is 58.3 Å². The Bertz CT molecular complexity index is 731. The summed E-state index contributed by atoms with van der Waals surface area (Å²) in [5.41, 5.74) is -0.0367. The Morgan fingerprint density at radius 2 is 0.955 bits per heavy atom. The van der Waals surface area contributed by atoms with E-state index in [1.54, 1.807) is 0 Å². The maximum atomic E-state index is 12.3. The van der Waals surface area contributed by atoms with Crippen LogP contribution in [0.4, 0.5) is 0 Å². The molecule has 0 bridgehead atoms. The minimum atomic E-state index is -3.81. The van der Waals surface area contributed by atoms with E-state index in [0.717, 1.165) is 0 Å². The average molecular weight is 361 g/mol. The second-order valence-electron chi connectivity index (χ2n) is 4.16. The molecule has 0 unspecified atom stereocenters. The minimum Gasteiger partial charge on any atom is -0.478 e. The summed E-state index contributed by atoms with van der Waals surface area (Å²) in [7, 11) is -3.81. The average Bonchev–Trinajstić information content (AvgIpc) is 2.47. The minimum absolute atomic E-state index is 0. The van der Waals surface area contributed by atoms with Gasteiger partial charge in [-0.1, -0.05) is 0 Å². The molecular weight excluding hydrogens is 351 g/mol. The van der Waals surface area contributed by atoms with Gasteiger partial charge in [0, 0.05) is 17.1 Å². The van der Waals surface area contributed by atoms with Crippen LogP contribution in [0.2, 0.25) is 0 Å². The van der Waals surface area contributed by atoms with E-state index in [0.29, 0.717) is 0 Å². The second-order valence-corrected chi connectivity index (χ2v) is 6.11. The topological polar surface area (TPSA) is 109 Å². The van der Waals surface area contributed by atoms with Gasteiger partial charge in [-0.25, -0.2) is 18.0 Å². The Balaban J connectivity index is 0.00000242. The van der Waals surface area contributed by atoms with Crippen LogP contribution in [0.1, 0.15) is 20.7 Å². The van der Waals surface area contributed by atoms with Crippen molar-refractivity contribution < 1.29 is 45.3 Å². The number of carbonyl (C=O) groups is 2. The summed E-state index contributed by atoms with van der Waals surface area (Å²) in [5, 5.41) is 17.5. The van der Waals surface area contributed by atoms with Crippen molar-refractivity contribution in [3.63, 3.8) is 0 Å². The van der Waals surface area contributed by atoms with Crippen molar-refractivity contribution in [2.24, 2.45) is 0 Å². The number of rotatable bonds is 4. The first kappa shape index (κ1) is 17.9. The molecule has 1 radical (unpaired) electrons. The van der Waals surface area contributed by atoms with Crippen molar-refractivity contribution >= 4 is 21.8 Å². The maximum Gasteiger partial charge on any atom is 0.335 e. The van der Waals surface area contributed by atoms with Gasteiger partial charge < -0.3 is 10.2 Å². The number of hydrogen-bond acceptors (Lipinski definition) is 4. The monoisotopic (exact) mass is 361 g/mol. The molecule has 0 aliphatic heterocycles. The summed E-state index contributed by atoms with van der Waals surface area (Å²) in [5.74, 6) is -2.30. The molecule has 22 heavy (non-hydrogen) atoms. The van der Waals surface area contributed by atoms with Crippen molar-refractivity contribution in [1.29, 1.82) is 0 Å². The number of aromatic carboxylic acids is 2. The third kappa shape index (κ3) is 3.54. The first-order chi connectivity index (χ1) is 9.82. The molecule has 0 aromatic heterocycles. The van der Waals surface area contributed by atoms with Crippen molar-refractivity contribution in [3.05, 3.63) is 59.7 Å². The molecule has 0 saturated heterocycles. The van der Waals surface area contributed by atoms with E-state index in [1.807, 2.05) is 0 Å². The smallest absolute Gasteiger partial charge is 0.335 e. The fourth-order valence-corrected chi connectivity index (χ4v) is 2.95. The van der Waals surface area contributed by atoms with Gasteiger partial charge in [-0.3, -0.25) is 0 Å². The summed E-state index contributed by atoms with van der Waals surface area (Å²) in [6, 6.07) is 9.57. The molecule has 0 saturated carbocycles. The summed E-state index contributed by atoms with van der Waals surface area (Å²) in [4.78, 5) is 21.3. The first-order valence-corrected chi connectivity index (χ1v) is 7.22. The molecule has 8 heteroatoms. The quantitative estimate of drug-likeness (QED) is 0.806. The zero-order chi connectivity index (χ0) is 15.6. The molecule has 0 heterocycles. The van der Waals surface area contributed by atoms with Gasteiger partial charge in [0.2, 0.25) is 9.84 Å². The third-order valence-corrected chi connectivity index (χ3v) is 4.61. The Kier molecular flexibility index (Phi) is 5.48. The maximum absolute atomic E-state index is 12.3. The molecule has 0 atom stereocenters. The van der Waals surface area contributed by atoms with Gasteiger partial charge in [0.25, 0.3) is 0 Å². The number of sulfone groups is 1. The predicted molar refractivity (Wildman–Crippen MR) is 72.3 cm³/mol. The van der Waals surface area contributed by atoms with E-state index in [-0.39, 0.29) is 38.0 Å². The van der Waals surface area contributed by atoms with E-state index < -0.39 is 21.8 Å². The number of carboxylic acid groups (broad SMARTS) is 2. The fourth-order valence-electron chi connectivity index (χ4n) is 1.69. The van der Waals surface area contributed by atoms with Crippen LogP contribution in [0.5, 0.6) is 0 Å². The molecule has 2 rings (SSSR count). The van der Waals surface area contributed by atoms with Gasteiger partial charge in [0.05, 0.1) is 20.9 Å². The number of hydrogen-bond donors (Lipinski definition) is 2.